The molecule has 3 aliphatic heterocycles. The SMILES string of the molecule is CC(=O)N1CC=C(c2c(C)c(F)cc3nc4c(c(CN)c23)Cn2c-4cc3c(c2=O)COC(=O)[C@H]3O)CC1. The third-order valence-corrected chi connectivity index (χ3v) is 7.74. The molecule has 0 bridgehead atoms. The monoisotopic (exact) mass is 504 g/mol. The van der Waals surface area contributed by atoms with E-state index in [9.17, 15) is 19.5 Å². The van der Waals surface area contributed by atoms with E-state index in [-0.39, 0.29) is 42.3 Å². The van der Waals surface area contributed by atoms with Gasteiger partial charge in [0.2, 0.25) is 5.91 Å². The smallest absolute Gasteiger partial charge is 0.340 e. The molecule has 0 saturated carbocycles. The maximum Gasteiger partial charge on any atom is 0.340 e. The van der Waals surface area contributed by atoms with Crippen LogP contribution in [0.15, 0.2) is 23.0 Å². The van der Waals surface area contributed by atoms with Gasteiger partial charge in [0.1, 0.15) is 12.4 Å². The number of pyridine rings is 2. The van der Waals surface area contributed by atoms with Crippen LogP contribution in [0.2, 0.25) is 0 Å². The molecule has 1 aromatic carbocycles. The predicted molar refractivity (Wildman–Crippen MR) is 133 cm³/mol. The summed E-state index contributed by atoms with van der Waals surface area (Å²) < 4.78 is 21.7. The zero-order chi connectivity index (χ0) is 26.2. The van der Waals surface area contributed by atoms with Gasteiger partial charge in [-0.25, -0.2) is 14.2 Å². The van der Waals surface area contributed by atoms with Gasteiger partial charge in [0.15, 0.2) is 6.10 Å². The third-order valence-electron chi connectivity index (χ3n) is 7.74. The molecule has 190 valence electrons. The van der Waals surface area contributed by atoms with Crippen molar-refractivity contribution in [3.63, 3.8) is 0 Å². The van der Waals surface area contributed by atoms with Crippen LogP contribution >= 0.6 is 0 Å². The minimum atomic E-state index is -1.56. The van der Waals surface area contributed by atoms with Crippen LogP contribution in [0.4, 0.5) is 4.39 Å². The molecule has 37 heavy (non-hydrogen) atoms. The number of aliphatic hydroxyl groups is 1. The van der Waals surface area contributed by atoms with Crippen molar-refractivity contribution in [2.45, 2.75) is 46.1 Å². The molecule has 10 heteroatoms. The lowest BCUT2D eigenvalue weighted by Gasteiger charge is -2.27. The number of benzene rings is 1. The molecule has 0 unspecified atom stereocenters. The first-order chi connectivity index (χ1) is 17.7. The highest BCUT2D eigenvalue weighted by molar-refractivity contribution is 5.99. The molecular weight excluding hydrogens is 479 g/mol. The van der Waals surface area contributed by atoms with Gasteiger partial charge in [-0.05, 0) is 41.7 Å². The van der Waals surface area contributed by atoms with E-state index in [2.05, 4.69) is 0 Å². The summed E-state index contributed by atoms with van der Waals surface area (Å²) in [6, 6.07) is 2.97. The van der Waals surface area contributed by atoms with Crippen LogP contribution in [0.25, 0.3) is 27.9 Å². The van der Waals surface area contributed by atoms with E-state index in [1.807, 2.05) is 6.08 Å². The van der Waals surface area contributed by atoms with E-state index in [1.54, 1.807) is 17.9 Å². The molecule has 3 aliphatic rings. The lowest BCUT2D eigenvalue weighted by atomic mass is 9.87. The number of carbonyl (C=O) groups excluding carboxylic acids is 2. The number of nitrogens with two attached hydrogens (primary N) is 1. The highest BCUT2D eigenvalue weighted by atomic mass is 19.1. The van der Waals surface area contributed by atoms with Crippen molar-refractivity contribution in [3.05, 3.63) is 67.8 Å². The molecular formula is C27H25FN4O5. The molecule has 0 fully saturated rings. The quantitative estimate of drug-likeness (QED) is 0.400. The fourth-order valence-corrected chi connectivity index (χ4v) is 5.76. The Labute approximate surface area is 211 Å². The number of aliphatic hydroxyl groups excluding tert-OH is 1. The Hall–Kier alpha value is -3.89. The fraction of sp³-hybridized carbons (Fsp3) is 0.333. The van der Waals surface area contributed by atoms with Crippen LogP contribution in [0.1, 0.15) is 52.8 Å². The van der Waals surface area contributed by atoms with Crippen LogP contribution in [-0.4, -0.2) is 44.5 Å². The van der Waals surface area contributed by atoms with Crippen molar-refractivity contribution in [1.82, 2.24) is 14.5 Å². The van der Waals surface area contributed by atoms with E-state index in [4.69, 9.17) is 15.5 Å². The van der Waals surface area contributed by atoms with E-state index in [0.717, 1.165) is 27.6 Å². The van der Waals surface area contributed by atoms with E-state index in [1.165, 1.54) is 17.6 Å². The van der Waals surface area contributed by atoms with Crippen LogP contribution in [0.5, 0.6) is 0 Å². The number of rotatable bonds is 2. The standard InChI is InChI=1S/C27H25FN4O5/c1-12-19(28)8-20-23(22(12)14-3-5-31(6-4-14)13(2)33)16(9-29)17-10-32-21(24(17)30-20)7-15-18(26(32)35)11-37-27(36)25(15)34/h3,7-8,25,34H,4-6,9-11,29H2,1-2H3/t25-/m0/s1. The van der Waals surface area contributed by atoms with Crippen LogP contribution in [0.3, 0.4) is 0 Å². The van der Waals surface area contributed by atoms with Gasteiger partial charge in [0, 0.05) is 49.1 Å². The lowest BCUT2D eigenvalue weighted by molar-refractivity contribution is -0.157. The number of cyclic esters (lactones) is 1. The van der Waals surface area contributed by atoms with Crippen LogP contribution in [-0.2, 0) is 34.0 Å². The number of amides is 1. The van der Waals surface area contributed by atoms with Crippen LogP contribution < -0.4 is 11.3 Å². The summed E-state index contributed by atoms with van der Waals surface area (Å²) in [5.74, 6) is -1.23. The Morgan fingerprint density at radius 3 is 2.76 bits per heavy atom. The number of hydrogen-bond acceptors (Lipinski definition) is 7. The number of aromatic nitrogens is 2. The Bertz CT molecular complexity index is 1640. The number of ether oxygens (including phenoxy) is 1. The zero-order valence-electron chi connectivity index (χ0n) is 20.4. The largest absolute Gasteiger partial charge is 0.458 e. The highest BCUT2D eigenvalue weighted by Gasteiger charge is 2.35. The fourth-order valence-electron chi connectivity index (χ4n) is 5.76. The summed E-state index contributed by atoms with van der Waals surface area (Å²) >= 11 is 0. The number of carbonyl (C=O) groups is 2. The van der Waals surface area contributed by atoms with Crippen molar-refractivity contribution < 1.29 is 23.8 Å². The number of nitrogens with zero attached hydrogens (tertiary/aromatic N) is 3. The van der Waals surface area contributed by atoms with E-state index in [0.29, 0.717) is 42.0 Å². The van der Waals surface area contributed by atoms with Crippen molar-refractivity contribution in [2.75, 3.05) is 13.1 Å². The second-order valence-corrected chi connectivity index (χ2v) is 9.68. The molecule has 3 N–H and O–H groups in total. The van der Waals surface area contributed by atoms with Gasteiger partial charge in [0.25, 0.3) is 5.56 Å². The Kier molecular flexibility index (Phi) is 5.29. The summed E-state index contributed by atoms with van der Waals surface area (Å²) in [5.41, 5.74) is 11.3. The minimum absolute atomic E-state index is 0.0126. The summed E-state index contributed by atoms with van der Waals surface area (Å²) in [5, 5.41) is 11.1. The maximum absolute atomic E-state index is 15.2. The molecule has 0 aliphatic carbocycles. The van der Waals surface area contributed by atoms with Crippen molar-refractivity contribution in [3.8, 4) is 11.4 Å². The van der Waals surface area contributed by atoms with Gasteiger partial charge in [-0.2, -0.15) is 0 Å². The Balaban J connectivity index is 1.60. The maximum atomic E-state index is 15.2. The van der Waals surface area contributed by atoms with Gasteiger partial charge in [-0.15, -0.1) is 0 Å². The zero-order valence-corrected chi connectivity index (χ0v) is 20.4. The number of esters is 1. The van der Waals surface area contributed by atoms with E-state index >= 15 is 4.39 Å². The summed E-state index contributed by atoms with van der Waals surface area (Å²) in [6.45, 7) is 4.36. The highest BCUT2D eigenvalue weighted by Crippen LogP contribution is 2.41. The van der Waals surface area contributed by atoms with Gasteiger partial charge in [0.05, 0.1) is 29.0 Å². The molecule has 5 heterocycles. The summed E-state index contributed by atoms with van der Waals surface area (Å²) in [7, 11) is 0. The Morgan fingerprint density at radius 2 is 2.08 bits per heavy atom. The van der Waals surface area contributed by atoms with Crippen molar-refractivity contribution in [2.24, 2.45) is 5.73 Å². The first-order valence-electron chi connectivity index (χ1n) is 12.1. The average Bonchev–Trinajstić information content (AvgIpc) is 3.25. The minimum Gasteiger partial charge on any atom is -0.458 e. The van der Waals surface area contributed by atoms with E-state index < -0.39 is 17.9 Å². The molecule has 0 saturated heterocycles. The molecule has 1 atom stereocenters. The van der Waals surface area contributed by atoms with Crippen molar-refractivity contribution >= 4 is 28.4 Å². The average molecular weight is 505 g/mol. The lowest BCUT2D eigenvalue weighted by Crippen LogP contribution is -2.32. The van der Waals surface area contributed by atoms with Gasteiger partial charge >= 0.3 is 5.97 Å². The first kappa shape index (κ1) is 23.5. The summed E-state index contributed by atoms with van der Waals surface area (Å²) in [6.07, 6.45) is 0.962. The first-order valence-corrected chi connectivity index (χ1v) is 12.1. The van der Waals surface area contributed by atoms with Crippen LogP contribution in [0, 0.1) is 12.7 Å². The molecule has 9 nitrogen and oxygen atoms in total. The molecule has 0 spiro atoms. The number of hydrogen-bond donors (Lipinski definition) is 2. The summed E-state index contributed by atoms with van der Waals surface area (Å²) in [4.78, 5) is 43.6. The Morgan fingerprint density at radius 1 is 1.30 bits per heavy atom. The molecule has 3 aromatic rings. The molecule has 0 radical (unpaired) electrons. The normalized spacial score (nSPS) is 18.3. The second-order valence-electron chi connectivity index (χ2n) is 9.68. The molecule has 2 aromatic heterocycles. The molecule has 1 amide bonds. The van der Waals surface area contributed by atoms with Gasteiger partial charge in [-0.3, -0.25) is 9.59 Å². The second kappa shape index (κ2) is 8.32. The number of fused-ring (bicyclic) bond motifs is 5. The predicted octanol–water partition coefficient (Wildman–Crippen LogP) is 2.06. The van der Waals surface area contributed by atoms with Crippen molar-refractivity contribution in [1.29, 1.82) is 0 Å². The topological polar surface area (TPSA) is 128 Å². The van der Waals surface area contributed by atoms with Gasteiger partial charge in [-0.1, -0.05) is 6.08 Å². The third kappa shape index (κ3) is 3.36. The number of halogens is 1. The molecule has 6 rings (SSSR count). The van der Waals surface area contributed by atoms with Gasteiger partial charge < -0.3 is 25.0 Å².